The summed E-state index contributed by atoms with van der Waals surface area (Å²) in [6.45, 7) is 7.67. The molecule has 1 fully saturated rings. The van der Waals surface area contributed by atoms with Crippen LogP contribution in [0.2, 0.25) is 5.02 Å². The highest BCUT2D eigenvalue weighted by atomic mass is 35.5. The number of anilines is 2. The lowest BCUT2D eigenvalue weighted by Gasteiger charge is -2.38. The zero-order chi connectivity index (χ0) is 19.6. The van der Waals surface area contributed by atoms with Gasteiger partial charge in [0.25, 0.3) is 0 Å². The first-order valence-electron chi connectivity index (χ1n) is 8.76. The van der Waals surface area contributed by atoms with Gasteiger partial charge >= 0.3 is 5.97 Å². The van der Waals surface area contributed by atoms with Gasteiger partial charge in [-0.3, -0.25) is 0 Å². The van der Waals surface area contributed by atoms with E-state index < -0.39 is 5.97 Å². The number of aromatic carboxylic acids is 1. The topological polar surface area (TPSA) is 55.8 Å². The van der Waals surface area contributed by atoms with Crippen molar-refractivity contribution < 1.29 is 9.90 Å². The second kappa shape index (κ2) is 8.15. The molecule has 0 radical (unpaired) electrons. The molecule has 0 aromatic heterocycles. The molecular weight excluding hydrogens is 382 g/mol. The Labute approximate surface area is 169 Å². The van der Waals surface area contributed by atoms with Gasteiger partial charge in [0.2, 0.25) is 0 Å². The second-order valence-corrected chi connectivity index (χ2v) is 7.49. The molecule has 142 valence electrons. The van der Waals surface area contributed by atoms with Gasteiger partial charge in [0.1, 0.15) is 0 Å². The number of rotatable bonds is 3. The van der Waals surface area contributed by atoms with Gasteiger partial charge in [0, 0.05) is 37.6 Å². The molecule has 0 amide bonds. The van der Waals surface area contributed by atoms with E-state index in [0.717, 1.165) is 26.2 Å². The Kier molecular flexibility index (Phi) is 5.87. The SMILES string of the molecule is Cc1ccc(C)c(N2CCN(C(=S)Nc3ccc(C(=O)O)c(Cl)c3)CC2)c1. The molecule has 2 N–H and O–H groups in total. The molecule has 1 aliphatic rings. The van der Waals surface area contributed by atoms with Crippen molar-refractivity contribution in [3.05, 3.63) is 58.1 Å². The maximum Gasteiger partial charge on any atom is 0.337 e. The molecular formula is C20H22ClN3O2S. The molecule has 2 aromatic carbocycles. The van der Waals surface area contributed by atoms with E-state index in [1.165, 1.54) is 22.9 Å². The Hall–Kier alpha value is -2.31. The van der Waals surface area contributed by atoms with E-state index in [-0.39, 0.29) is 10.6 Å². The van der Waals surface area contributed by atoms with E-state index in [0.29, 0.717) is 10.8 Å². The largest absolute Gasteiger partial charge is 0.478 e. The van der Waals surface area contributed by atoms with Gasteiger partial charge in [0.15, 0.2) is 5.11 Å². The van der Waals surface area contributed by atoms with Crippen molar-refractivity contribution in [2.75, 3.05) is 36.4 Å². The summed E-state index contributed by atoms with van der Waals surface area (Å²) < 4.78 is 0. The first kappa shape index (κ1) is 19.5. The lowest BCUT2D eigenvalue weighted by atomic mass is 10.1. The van der Waals surface area contributed by atoms with Gasteiger partial charge in [-0.1, -0.05) is 23.7 Å². The summed E-state index contributed by atoms with van der Waals surface area (Å²) in [6.07, 6.45) is 0. The van der Waals surface area contributed by atoms with Crippen LogP contribution < -0.4 is 10.2 Å². The van der Waals surface area contributed by atoms with Crippen LogP contribution in [0.3, 0.4) is 0 Å². The number of carbonyl (C=O) groups is 1. The predicted octanol–water partition coefficient (Wildman–Crippen LogP) is 4.17. The van der Waals surface area contributed by atoms with Crippen molar-refractivity contribution in [3.8, 4) is 0 Å². The second-order valence-electron chi connectivity index (χ2n) is 6.69. The number of benzene rings is 2. The van der Waals surface area contributed by atoms with Gasteiger partial charge in [-0.05, 0) is 61.5 Å². The van der Waals surface area contributed by atoms with Crippen molar-refractivity contribution in [1.82, 2.24) is 4.90 Å². The van der Waals surface area contributed by atoms with Crippen molar-refractivity contribution in [2.24, 2.45) is 0 Å². The molecule has 1 heterocycles. The molecule has 0 bridgehead atoms. The Balaban J connectivity index is 1.61. The van der Waals surface area contributed by atoms with Crippen LogP contribution in [0, 0.1) is 13.8 Å². The van der Waals surface area contributed by atoms with Crippen LogP contribution in [-0.4, -0.2) is 47.3 Å². The number of nitrogens with one attached hydrogen (secondary N) is 1. The monoisotopic (exact) mass is 403 g/mol. The Morgan fingerprint density at radius 2 is 1.81 bits per heavy atom. The number of aryl methyl sites for hydroxylation is 2. The predicted molar refractivity (Wildman–Crippen MR) is 114 cm³/mol. The summed E-state index contributed by atoms with van der Waals surface area (Å²) >= 11 is 11.5. The molecule has 0 spiro atoms. The number of piperazine rings is 1. The third-order valence-corrected chi connectivity index (χ3v) is 5.40. The Bertz CT molecular complexity index is 880. The summed E-state index contributed by atoms with van der Waals surface area (Å²) in [5.74, 6) is -1.04. The number of hydrogen-bond donors (Lipinski definition) is 2. The van der Waals surface area contributed by atoms with E-state index >= 15 is 0 Å². The van der Waals surface area contributed by atoms with Crippen LogP contribution in [0.1, 0.15) is 21.5 Å². The minimum Gasteiger partial charge on any atom is -0.478 e. The molecule has 5 nitrogen and oxygen atoms in total. The normalized spacial score (nSPS) is 14.2. The van der Waals surface area contributed by atoms with E-state index in [9.17, 15) is 4.79 Å². The highest BCUT2D eigenvalue weighted by molar-refractivity contribution is 7.80. The van der Waals surface area contributed by atoms with Crippen molar-refractivity contribution in [1.29, 1.82) is 0 Å². The van der Waals surface area contributed by atoms with Crippen molar-refractivity contribution >= 4 is 46.3 Å². The van der Waals surface area contributed by atoms with E-state index in [1.807, 2.05) is 0 Å². The number of hydrogen-bond acceptors (Lipinski definition) is 3. The number of halogens is 1. The van der Waals surface area contributed by atoms with E-state index in [4.69, 9.17) is 28.9 Å². The Morgan fingerprint density at radius 1 is 1.11 bits per heavy atom. The summed E-state index contributed by atoms with van der Waals surface area (Å²) in [5, 5.41) is 13.0. The van der Waals surface area contributed by atoms with Crippen LogP contribution in [0.5, 0.6) is 0 Å². The fraction of sp³-hybridized carbons (Fsp3) is 0.300. The van der Waals surface area contributed by atoms with Gasteiger partial charge in [-0.2, -0.15) is 0 Å². The van der Waals surface area contributed by atoms with Gasteiger partial charge in [0.05, 0.1) is 10.6 Å². The number of nitrogens with zero attached hydrogens (tertiary/aromatic N) is 2. The maximum atomic E-state index is 11.1. The lowest BCUT2D eigenvalue weighted by molar-refractivity contribution is 0.0697. The molecule has 0 aliphatic carbocycles. The number of carboxylic acid groups (broad SMARTS) is 1. The van der Waals surface area contributed by atoms with Crippen LogP contribution >= 0.6 is 23.8 Å². The molecule has 0 saturated carbocycles. The zero-order valence-electron chi connectivity index (χ0n) is 15.3. The summed E-state index contributed by atoms with van der Waals surface area (Å²) in [7, 11) is 0. The van der Waals surface area contributed by atoms with Crippen molar-refractivity contribution in [3.63, 3.8) is 0 Å². The smallest absolute Gasteiger partial charge is 0.337 e. The first-order valence-corrected chi connectivity index (χ1v) is 9.55. The molecule has 1 saturated heterocycles. The quantitative estimate of drug-likeness (QED) is 0.750. The molecule has 0 unspecified atom stereocenters. The van der Waals surface area contributed by atoms with Crippen LogP contribution in [-0.2, 0) is 0 Å². The van der Waals surface area contributed by atoms with Gasteiger partial charge in [-0.25, -0.2) is 4.79 Å². The molecule has 3 rings (SSSR count). The molecule has 7 heteroatoms. The summed E-state index contributed by atoms with van der Waals surface area (Å²) in [5.41, 5.74) is 4.59. The van der Waals surface area contributed by atoms with Crippen molar-refractivity contribution in [2.45, 2.75) is 13.8 Å². The van der Waals surface area contributed by atoms with Crippen LogP contribution in [0.15, 0.2) is 36.4 Å². The third-order valence-electron chi connectivity index (χ3n) is 4.72. The standard InChI is InChI=1S/C20H22ClN3O2S/c1-13-3-4-14(2)18(11-13)23-7-9-24(10-8-23)20(27)22-15-5-6-16(19(25)26)17(21)12-15/h3-6,11-12H,7-10H2,1-2H3,(H,22,27)(H,25,26). The van der Waals surface area contributed by atoms with Gasteiger partial charge < -0.3 is 20.2 Å². The van der Waals surface area contributed by atoms with E-state index in [1.54, 1.807) is 12.1 Å². The molecule has 2 aromatic rings. The minimum absolute atomic E-state index is 0.0790. The molecule has 27 heavy (non-hydrogen) atoms. The lowest BCUT2D eigenvalue weighted by Crippen LogP contribution is -2.50. The van der Waals surface area contributed by atoms with Crippen LogP contribution in [0.4, 0.5) is 11.4 Å². The summed E-state index contributed by atoms with van der Waals surface area (Å²) in [6, 6.07) is 11.3. The van der Waals surface area contributed by atoms with Gasteiger partial charge in [-0.15, -0.1) is 0 Å². The van der Waals surface area contributed by atoms with Crippen LogP contribution in [0.25, 0.3) is 0 Å². The fourth-order valence-electron chi connectivity index (χ4n) is 3.18. The third kappa shape index (κ3) is 4.51. The number of carboxylic acids is 1. The molecule has 1 aliphatic heterocycles. The maximum absolute atomic E-state index is 11.1. The fourth-order valence-corrected chi connectivity index (χ4v) is 3.74. The highest BCUT2D eigenvalue weighted by Crippen LogP contribution is 2.24. The molecule has 0 atom stereocenters. The number of thiocarbonyl (C=S) groups is 1. The highest BCUT2D eigenvalue weighted by Gasteiger charge is 2.20. The average Bonchev–Trinajstić information content (AvgIpc) is 2.63. The summed E-state index contributed by atoms with van der Waals surface area (Å²) in [4.78, 5) is 15.6. The Morgan fingerprint density at radius 3 is 2.44 bits per heavy atom. The zero-order valence-corrected chi connectivity index (χ0v) is 16.9. The average molecular weight is 404 g/mol. The minimum atomic E-state index is -1.04. The van der Waals surface area contributed by atoms with E-state index in [2.05, 4.69) is 47.2 Å². The first-order chi connectivity index (χ1) is 12.8.